The zero-order valence-electron chi connectivity index (χ0n) is 13.9. The molecular weight excluding hydrogens is 340 g/mol. The van der Waals surface area contributed by atoms with Crippen LogP contribution in [0.4, 0.5) is 0 Å². The Balaban J connectivity index is 1.68. The normalized spacial score (nSPS) is 16.6. The van der Waals surface area contributed by atoms with E-state index in [9.17, 15) is 13.2 Å². The molecule has 1 heterocycles. The van der Waals surface area contributed by atoms with Crippen LogP contribution in [-0.4, -0.2) is 34.5 Å². The number of ether oxygens (including phenoxy) is 1. The molecule has 0 aromatic heterocycles. The van der Waals surface area contributed by atoms with Crippen molar-refractivity contribution in [1.82, 2.24) is 10.0 Å². The van der Waals surface area contributed by atoms with Gasteiger partial charge in [0, 0.05) is 25.1 Å². The minimum atomic E-state index is -3.69. The average molecular weight is 360 g/mol. The molecule has 1 amide bonds. The molecule has 1 unspecified atom stereocenters. The van der Waals surface area contributed by atoms with Gasteiger partial charge in [0.25, 0.3) is 5.91 Å². The van der Waals surface area contributed by atoms with Gasteiger partial charge < -0.3 is 10.1 Å². The first kappa shape index (κ1) is 17.4. The van der Waals surface area contributed by atoms with Crippen LogP contribution in [0.15, 0.2) is 53.4 Å². The standard InChI is InChI=1S/C18H20N2O4S/c1-19-18(21)15-6-4-7-16(10-15)25(22,23)20-11-13-9-14-5-2-3-8-17(14)24-12-13/h2-8,10,13,20H,9,11-12H2,1H3,(H,19,21). The third-order valence-electron chi connectivity index (χ3n) is 4.15. The van der Waals surface area contributed by atoms with E-state index in [1.807, 2.05) is 24.3 Å². The fraction of sp³-hybridized carbons (Fsp3) is 0.278. The van der Waals surface area contributed by atoms with Crippen molar-refractivity contribution in [2.75, 3.05) is 20.2 Å². The average Bonchev–Trinajstić information content (AvgIpc) is 2.65. The Hall–Kier alpha value is -2.38. The Labute approximate surface area is 147 Å². The second-order valence-electron chi connectivity index (χ2n) is 5.95. The Morgan fingerprint density at radius 2 is 2.00 bits per heavy atom. The lowest BCUT2D eigenvalue weighted by atomic mass is 9.97. The minimum absolute atomic E-state index is 0.0619. The summed E-state index contributed by atoms with van der Waals surface area (Å²) in [5.74, 6) is 0.598. The smallest absolute Gasteiger partial charge is 0.251 e. The predicted octanol–water partition coefficient (Wildman–Crippen LogP) is 1.58. The van der Waals surface area contributed by atoms with Gasteiger partial charge in [-0.15, -0.1) is 0 Å². The predicted molar refractivity (Wildman–Crippen MR) is 94.2 cm³/mol. The number of hydrogen-bond donors (Lipinski definition) is 2. The first-order valence-corrected chi connectivity index (χ1v) is 9.50. The second-order valence-corrected chi connectivity index (χ2v) is 7.71. The molecule has 25 heavy (non-hydrogen) atoms. The van der Waals surface area contributed by atoms with Crippen molar-refractivity contribution >= 4 is 15.9 Å². The summed E-state index contributed by atoms with van der Waals surface area (Å²) in [6, 6.07) is 13.7. The molecule has 7 heteroatoms. The van der Waals surface area contributed by atoms with Crippen LogP contribution in [0, 0.1) is 5.92 Å². The number of fused-ring (bicyclic) bond motifs is 1. The van der Waals surface area contributed by atoms with E-state index >= 15 is 0 Å². The quantitative estimate of drug-likeness (QED) is 0.848. The molecule has 6 nitrogen and oxygen atoms in total. The Morgan fingerprint density at radius 3 is 2.80 bits per heavy atom. The molecule has 0 radical (unpaired) electrons. The van der Waals surface area contributed by atoms with Crippen LogP contribution >= 0.6 is 0 Å². The van der Waals surface area contributed by atoms with Gasteiger partial charge in [0.1, 0.15) is 5.75 Å². The van der Waals surface area contributed by atoms with Crippen LogP contribution in [0.2, 0.25) is 0 Å². The fourth-order valence-corrected chi connectivity index (χ4v) is 3.94. The number of carbonyl (C=O) groups excluding carboxylic acids is 1. The second kappa shape index (κ2) is 7.25. The number of para-hydroxylation sites is 1. The van der Waals surface area contributed by atoms with Crippen LogP contribution in [0.1, 0.15) is 15.9 Å². The molecular formula is C18H20N2O4S. The highest BCUT2D eigenvalue weighted by atomic mass is 32.2. The topological polar surface area (TPSA) is 84.5 Å². The van der Waals surface area contributed by atoms with E-state index in [2.05, 4.69) is 10.0 Å². The number of sulfonamides is 1. The van der Waals surface area contributed by atoms with Crippen molar-refractivity contribution in [3.05, 3.63) is 59.7 Å². The van der Waals surface area contributed by atoms with Gasteiger partial charge in [0.15, 0.2) is 0 Å². The summed E-state index contributed by atoms with van der Waals surface area (Å²) in [6.45, 7) is 0.749. The van der Waals surface area contributed by atoms with Crippen molar-refractivity contribution in [3.63, 3.8) is 0 Å². The maximum Gasteiger partial charge on any atom is 0.251 e. The van der Waals surface area contributed by atoms with E-state index in [1.54, 1.807) is 12.1 Å². The van der Waals surface area contributed by atoms with E-state index in [0.717, 1.165) is 17.7 Å². The maximum absolute atomic E-state index is 12.5. The first-order valence-electron chi connectivity index (χ1n) is 8.02. The zero-order chi connectivity index (χ0) is 17.9. The van der Waals surface area contributed by atoms with Crippen LogP contribution in [0.25, 0.3) is 0 Å². The maximum atomic E-state index is 12.5. The van der Waals surface area contributed by atoms with Crippen LogP contribution < -0.4 is 14.8 Å². The van der Waals surface area contributed by atoms with Crippen molar-refractivity contribution in [1.29, 1.82) is 0 Å². The van der Waals surface area contributed by atoms with E-state index in [0.29, 0.717) is 12.2 Å². The van der Waals surface area contributed by atoms with Crippen molar-refractivity contribution in [2.24, 2.45) is 5.92 Å². The lowest BCUT2D eigenvalue weighted by molar-refractivity contribution is 0.0963. The third kappa shape index (κ3) is 4.00. The molecule has 0 saturated carbocycles. The first-order chi connectivity index (χ1) is 12.0. The van der Waals surface area contributed by atoms with Gasteiger partial charge in [0.2, 0.25) is 10.0 Å². The van der Waals surface area contributed by atoms with Gasteiger partial charge in [-0.05, 0) is 36.2 Å². The van der Waals surface area contributed by atoms with Gasteiger partial charge >= 0.3 is 0 Å². The fourth-order valence-electron chi connectivity index (χ4n) is 2.78. The van der Waals surface area contributed by atoms with Gasteiger partial charge in [0.05, 0.1) is 11.5 Å². The Morgan fingerprint density at radius 1 is 1.20 bits per heavy atom. The molecule has 2 N–H and O–H groups in total. The summed E-state index contributed by atoms with van der Waals surface area (Å²) < 4.78 is 33.3. The Bertz CT molecular complexity index is 880. The van der Waals surface area contributed by atoms with Crippen LogP contribution in [0.3, 0.4) is 0 Å². The zero-order valence-corrected chi connectivity index (χ0v) is 14.7. The molecule has 0 bridgehead atoms. The molecule has 3 rings (SSSR count). The number of amides is 1. The van der Waals surface area contributed by atoms with Crippen molar-refractivity contribution < 1.29 is 17.9 Å². The van der Waals surface area contributed by atoms with Crippen molar-refractivity contribution in [3.8, 4) is 5.75 Å². The van der Waals surface area contributed by atoms with Crippen LogP contribution in [-0.2, 0) is 16.4 Å². The van der Waals surface area contributed by atoms with Gasteiger partial charge in [-0.3, -0.25) is 4.79 Å². The Kier molecular flexibility index (Phi) is 5.06. The van der Waals surface area contributed by atoms with Crippen LogP contribution in [0.5, 0.6) is 5.75 Å². The highest BCUT2D eigenvalue weighted by molar-refractivity contribution is 7.89. The van der Waals surface area contributed by atoms with Gasteiger partial charge in [-0.1, -0.05) is 24.3 Å². The van der Waals surface area contributed by atoms with E-state index in [1.165, 1.54) is 19.2 Å². The lowest BCUT2D eigenvalue weighted by Gasteiger charge is -2.25. The highest BCUT2D eigenvalue weighted by Crippen LogP contribution is 2.26. The molecule has 132 valence electrons. The summed E-state index contributed by atoms with van der Waals surface area (Å²) >= 11 is 0. The molecule has 1 aliphatic rings. The molecule has 1 aliphatic heterocycles. The lowest BCUT2D eigenvalue weighted by Crippen LogP contribution is -2.34. The number of nitrogens with one attached hydrogen (secondary N) is 2. The molecule has 0 spiro atoms. The largest absolute Gasteiger partial charge is 0.493 e. The van der Waals surface area contributed by atoms with E-state index < -0.39 is 10.0 Å². The van der Waals surface area contributed by atoms with Crippen molar-refractivity contribution in [2.45, 2.75) is 11.3 Å². The third-order valence-corrected chi connectivity index (χ3v) is 5.57. The number of hydrogen-bond acceptors (Lipinski definition) is 4. The number of carbonyl (C=O) groups is 1. The molecule has 0 aliphatic carbocycles. The summed E-state index contributed by atoms with van der Waals surface area (Å²) in [5, 5.41) is 2.48. The highest BCUT2D eigenvalue weighted by Gasteiger charge is 2.22. The molecule has 1 atom stereocenters. The van der Waals surface area contributed by atoms with Gasteiger partial charge in [-0.25, -0.2) is 13.1 Å². The van der Waals surface area contributed by atoms with E-state index in [4.69, 9.17) is 4.74 Å². The monoisotopic (exact) mass is 360 g/mol. The molecule has 2 aromatic rings. The van der Waals surface area contributed by atoms with E-state index in [-0.39, 0.29) is 23.3 Å². The number of rotatable bonds is 5. The minimum Gasteiger partial charge on any atom is -0.493 e. The summed E-state index contributed by atoms with van der Waals surface area (Å²) in [6.07, 6.45) is 0.761. The summed E-state index contributed by atoms with van der Waals surface area (Å²) in [7, 11) is -2.18. The molecule has 0 saturated heterocycles. The molecule has 2 aromatic carbocycles. The SMILES string of the molecule is CNC(=O)c1cccc(S(=O)(=O)NCC2COc3ccccc3C2)c1. The molecule has 0 fully saturated rings. The summed E-state index contributed by atoms with van der Waals surface area (Å²) in [4.78, 5) is 11.7. The number of benzene rings is 2. The summed E-state index contributed by atoms with van der Waals surface area (Å²) in [5.41, 5.74) is 1.39. The van der Waals surface area contributed by atoms with Gasteiger partial charge in [-0.2, -0.15) is 0 Å².